The summed E-state index contributed by atoms with van der Waals surface area (Å²) in [7, 11) is 0. The minimum atomic E-state index is -3.81. The monoisotopic (exact) mass is 422 g/mol. The van der Waals surface area contributed by atoms with Gasteiger partial charge in [0.1, 0.15) is 0 Å². The zero-order chi connectivity index (χ0) is 20.4. The molecule has 6 rings (SSSR count). The van der Waals surface area contributed by atoms with Gasteiger partial charge in [-0.25, -0.2) is 9.50 Å². The molecule has 3 aliphatic heterocycles. The van der Waals surface area contributed by atoms with Gasteiger partial charge >= 0.3 is 6.11 Å². The fourth-order valence-corrected chi connectivity index (χ4v) is 4.16. The summed E-state index contributed by atoms with van der Waals surface area (Å²) in [5.41, 5.74) is 0.775. The molecule has 3 aliphatic rings. The van der Waals surface area contributed by atoms with Crippen molar-refractivity contribution >= 4 is 22.9 Å². The van der Waals surface area contributed by atoms with Gasteiger partial charge in [0.25, 0.3) is 0 Å². The van der Waals surface area contributed by atoms with E-state index in [9.17, 15) is 13.9 Å². The van der Waals surface area contributed by atoms with Gasteiger partial charge in [0.05, 0.1) is 16.9 Å². The number of aromatic nitrogens is 4. The number of hydrogen-bond donors (Lipinski definition) is 2. The molecule has 11 heteroatoms. The van der Waals surface area contributed by atoms with Gasteiger partial charge in [0.2, 0.25) is 11.6 Å². The van der Waals surface area contributed by atoms with Gasteiger partial charge in [0, 0.05) is 30.6 Å². The number of piperazine rings is 1. The van der Waals surface area contributed by atoms with Crippen LogP contribution in [0.3, 0.4) is 0 Å². The first kappa shape index (κ1) is 18.6. The lowest BCUT2D eigenvalue weighted by atomic mass is 9.92. The molecular formula is C18H20F2N6O2S. The Morgan fingerprint density at radius 3 is 2.62 bits per heavy atom. The van der Waals surface area contributed by atoms with Crippen LogP contribution in [0.2, 0.25) is 0 Å². The van der Waals surface area contributed by atoms with Crippen molar-refractivity contribution in [2.45, 2.75) is 44.1 Å². The smallest absolute Gasteiger partial charge is 0.426 e. The van der Waals surface area contributed by atoms with Crippen LogP contribution in [0.1, 0.15) is 20.3 Å². The second-order valence-electron chi connectivity index (χ2n) is 7.98. The number of thiazole rings is 1. The minimum Gasteiger partial charge on any atom is -0.426 e. The van der Waals surface area contributed by atoms with Crippen molar-refractivity contribution in [2.75, 3.05) is 18.0 Å². The maximum absolute atomic E-state index is 14.4. The Morgan fingerprint density at radius 2 is 2.00 bits per heavy atom. The number of piperidine rings is 1. The summed E-state index contributed by atoms with van der Waals surface area (Å²) >= 11 is 1.43. The normalized spacial score (nSPS) is 22.0. The summed E-state index contributed by atoms with van der Waals surface area (Å²) in [6.07, 6.45) is -2.68. The van der Waals surface area contributed by atoms with Crippen molar-refractivity contribution in [2.24, 2.45) is 0 Å². The van der Waals surface area contributed by atoms with Gasteiger partial charge in [-0.15, -0.1) is 16.4 Å². The molecule has 2 atom stereocenters. The molecule has 0 saturated carbocycles. The van der Waals surface area contributed by atoms with Crippen molar-refractivity contribution in [3.63, 3.8) is 0 Å². The van der Waals surface area contributed by atoms with Crippen LogP contribution in [0, 0.1) is 0 Å². The van der Waals surface area contributed by atoms with E-state index in [0.29, 0.717) is 29.4 Å². The molecule has 29 heavy (non-hydrogen) atoms. The molecule has 3 saturated heterocycles. The summed E-state index contributed by atoms with van der Waals surface area (Å²) < 4.78 is 35.2. The van der Waals surface area contributed by atoms with Crippen molar-refractivity contribution in [1.82, 2.24) is 24.9 Å². The highest BCUT2D eigenvalue weighted by molar-refractivity contribution is 7.07. The van der Waals surface area contributed by atoms with Crippen LogP contribution in [0.4, 0.5) is 14.7 Å². The van der Waals surface area contributed by atoms with E-state index >= 15 is 0 Å². The molecule has 0 radical (unpaired) electrons. The zero-order valence-corrected chi connectivity index (χ0v) is 16.7. The first-order valence-electron chi connectivity index (χ1n) is 9.30. The van der Waals surface area contributed by atoms with E-state index in [2.05, 4.69) is 20.4 Å². The third-order valence-electron chi connectivity index (χ3n) is 5.29. The number of fused-ring (bicyclic) bond motifs is 3. The number of ether oxygens (including phenoxy) is 1. The van der Waals surface area contributed by atoms with Gasteiger partial charge in [0.15, 0.2) is 11.4 Å². The van der Waals surface area contributed by atoms with Gasteiger partial charge in [-0.2, -0.15) is 13.8 Å². The van der Waals surface area contributed by atoms with E-state index in [0.717, 1.165) is 33.4 Å². The molecule has 2 bridgehead atoms. The average Bonchev–Trinajstić information content (AvgIpc) is 3.30. The molecule has 3 aromatic heterocycles. The van der Waals surface area contributed by atoms with Gasteiger partial charge < -0.3 is 20.1 Å². The second kappa shape index (κ2) is 6.31. The average molecular weight is 422 g/mol. The third-order valence-corrected chi connectivity index (χ3v) is 5.87. The summed E-state index contributed by atoms with van der Waals surface area (Å²) in [5, 5.41) is 19.7. The number of alkyl halides is 2. The highest BCUT2D eigenvalue weighted by Crippen LogP contribution is 2.36. The summed E-state index contributed by atoms with van der Waals surface area (Å²) in [4.78, 5) is 10.9. The van der Waals surface area contributed by atoms with Crippen molar-refractivity contribution in [3.05, 3.63) is 23.0 Å². The lowest BCUT2D eigenvalue weighted by Crippen LogP contribution is -2.67. The van der Waals surface area contributed by atoms with E-state index in [4.69, 9.17) is 4.74 Å². The Bertz CT molecular complexity index is 1030. The van der Waals surface area contributed by atoms with Crippen molar-refractivity contribution in [3.8, 4) is 17.1 Å². The predicted molar refractivity (Wildman–Crippen MR) is 104 cm³/mol. The van der Waals surface area contributed by atoms with Crippen LogP contribution in [0.5, 0.6) is 5.75 Å². The molecular weight excluding hydrogens is 402 g/mol. The van der Waals surface area contributed by atoms with Crippen LogP contribution in [0.25, 0.3) is 17.0 Å². The predicted octanol–water partition coefficient (Wildman–Crippen LogP) is 2.15. The van der Waals surface area contributed by atoms with E-state index in [1.54, 1.807) is 11.6 Å². The molecule has 2 N–H and O–H groups in total. The summed E-state index contributed by atoms with van der Waals surface area (Å²) in [6, 6.07) is 3.82. The number of nitrogens with one attached hydrogen (secondary N) is 1. The van der Waals surface area contributed by atoms with Gasteiger partial charge in [-0.05, 0) is 32.4 Å². The molecule has 0 aromatic carbocycles. The van der Waals surface area contributed by atoms with Crippen LogP contribution >= 0.6 is 11.3 Å². The summed E-state index contributed by atoms with van der Waals surface area (Å²) in [5.74, 6) is 0.301. The Morgan fingerprint density at radius 1 is 1.28 bits per heavy atom. The standard InChI is InChI=1S/C18H20F2N6O2S/c1-17(2,27)18(19,20)28-14-4-3-13(12-8-29-9-21-12)26-15(14)23-16(24-26)25-6-10-5-11(7-25)22-10/h3-4,8-11,22,27H,5-7H2,1-2H3. The first-order chi connectivity index (χ1) is 13.7. The van der Waals surface area contributed by atoms with Crippen LogP contribution in [-0.2, 0) is 0 Å². The fraction of sp³-hybridized carbons (Fsp3) is 0.500. The Kier molecular flexibility index (Phi) is 4.06. The number of rotatable bonds is 5. The zero-order valence-electron chi connectivity index (χ0n) is 15.8. The molecule has 0 spiro atoms. The van der Waals surface area contributed by atoms with Gasteiger partial charge in [-0.3, -0.25) is 0 Å². The fourth-order valence-electron chi connectivity index (χ4n) is 3.61. The van der Waals surface area contributed by atoms with Gasteiger partial charge in [-0.1, -0.05) is 0 Å². The third kappa shape index (κ3) is 3.13. The maximum Gasteiger partial charge on any atom is 0.426 e. The number of hydrogen-bond acceptors (Lipinski definition) is 8. The lowest BCUT2D eigenvalue weighted by Gasteiger charge is -2.47. The molecule has 0 aliphatic carbocycles. The van der Waals surface area contributed by atoms with Crippen molar-refractivity contribution in [1.29, 1.82) is 0 Å². The number of pyridine rings is 1. The Balaban J connectivity index is 1.60. The SMILES string of the molecule is CC(C)(O)C(F)(F)Oc1ccc(-c2cscn2)n2nc(N3CC4CC(C3)N4)nc12. The lowest BCUT2D eigenvalue weighted by molar-refractivity contribution is -0.275. The number of nitrogens with zero attached hydrogens (tertiary/aromatic N) is 5. The Labute approximate surface area is 169 Å². The highest BCUT2D eigenvalue weighted by atomic mass is 32.1. The molecule has 154 valence electrons. The van der Waals surface area contributed by atoms with Crippen LogP contribution in [-0.4, -0.2) is 61.6 Å². The minimum absolute atomic E-state index is 0.154. The second-order valence-corrected chi connectivity index (χ2v) is 8.70. The number of aliphatic hydroxyl groups is 1. The first-order valence-corrected chi connectivity index (χ1v) is 10.2. The van der Waals surface area contributed by atoms with Crippen LogP contribution < -0.4 is 15.0 Å². The summed E-state index contributed by atoms with van der Waals surface area (Å²) in [6.45, 7) is 3.51. The van der Waals surface area contributed by atoms with Crippen molar-refractivity contribution < 1.29 is 18.6 Å². The molecule has 8 nitrogen and oxygen atoms in total. The number of anilines is 1. The van der Waals surface area contributed by atoms with E-state index in [-0.39, 0.29) is 11.4 Å². The largest absolute Gasteiger partial charge is 0.426 e. The van der Waals surface area contributed by atoms with E-state index in [1.807, 2.05) is 10.3 Å². The molecule has 0 amide bonds. The molecule has 3 aromatic rings. The highest BCUT2D eigenvalue weighted by Gasteiger charge is 2.49. The van der Waals surface area contributed by atoms with E-state index in [1.165, 1.54) is 21.9 Å². The quantitative estimate of drug-likeness (QED) is 0.651. The number of halogens is 2. The molecule has 3 fully saturated rings. The van der Waals surface area contributed by atoms with Crippen LogP contribution in [0.15, 0.2) is 23.0 Å². The molecule has 6 heterocycles. The maximum atomic E-state index is 14.4. The topological polar surface area (TPSA) is 87.8 Å². The molecule has 2 unspecified atom stereocenters. The Hall–Kier alpha value is -2.37. The van der Waals surface area contributed by atoms with E-state index < -0.39 is 11.7 Å².